The summed E-state index contributed by atoms with van der Waals surface area (Å²) in [6, 6.07) is 14.9. The lowest BCUT2D eigenvalue weighted by Gasteiger charge is -2.36. The standard InChI is InChI=1S/C16H19N3/c1-2-4-16(5-3-1)19-12-10-18(11-13-19)14-15-6-8-17-9-7-15/h1-9H,10-14H2. The van der Waals surface area contributed by atoms with Crippen LogP contribution in [-0.2, 0) is 6.54 Å². The molecule has 3 rings (SSSR count). The molecule has 0 saturated carbocycles. The highest BCUT2D eigenvalue weighted by molar-refractivity contribution is 5.46. The van der Waals surface area contributed by atoms with E-state index in [1.165, 1.54) is 11.3 Å². The molecule has 0 bridgehead atoms. The molecule has 0 atom stereocenters. The van der Waals surface area contributed by atoms with Gasteiger partial charge in [-0.1, -0.05) is 18.2 Å². The molecule has 1 fully saturated rings. The predicted octanol–water partition coefficient (Wildman–Crippen LogP) is 2.40. The van der Waals surface area contributed by atoms with Crippen LogP contribution in [0.5, 0.6) is 0 Å². The Labute approximate surface area is 114 Å². The van der Waals surface area contributed by atoms with Gasteiger partial charge in [0.25, 0.3) is 0 Å². The summed E-state index contributed by atoms with van der Waals surface area (Å²) < 4.78 is 0. The fraction of sp³-hybridized carbons (Fsp3) is 0.312. The van der Waals surface area contributed by atoms with Crippen molar-refractivity contribution < 1.29 is 0 Å². The van der Waals surface area contributed by atoms with Crippen molar-refractivity contribution in [2.24, 2.45) is 0 Å². The normalized spacial score (nSPS) is 16.5. The minimum absolute atomic E-state index is 1.03. The zero-order valence-electron chi connectivity index (χ0n) is 11.1. The first-order chi connectivity index (χ1) is 9.42. The number of hydrogen-bond donors (Lipinski definition) is 0. The number of anilines is 1. The molecule has 1 saturated heterocycles. The van der Waals surface area contributed by atoms with Gasteiger partial charge in [-0.2, -0.15) is 0 Å². The molecule has 3 heteroatoms. The first-order valence-corrected chi connectivity index (χ1v) is 6.83. The maximum Gasteiger partial charge on any atom is 0.0367 e. The van der Waals surface area contributed by atoms with Gasteiger partial charge >= 0.3 is 0 Å². The Balaban J connectivity index is 1.55. The molecule has 2 heterocycles. The molecule has 19 heavy (non-hydrogen) atoms. The molecule has 1 aromatic heterocycles. The molecule has 0 spiro atoms. The van der Waals surface area contributed by atoms with Crippen molar-refractivity contribution in [1.29, 1.82) is 0 Å². The van der Waals surface area contributed by atoms with Crippen LogP contribution in [0.3, 0.4) is 0 Å². The summed E-state index contributed by atoms with van der Waals surface area (Å²) in [6.45, 7) is 5.49. The Morgan fingerprint density at radius 1 is 0.842 bits per heavy atom. The van der Waals surface area contributed by atoms with Crippen LogP contribution in [0.15, 0.2) is 54.9 Å². The summed E-state index contributed by atoms with van der Waals surface area (Å²) in [7, 11) is 0. The Kier molecular flexibility index (Phi) is 3.75. The summed E-state index contributed by atoms with van der Waals surface area (Å²) in [4.78, 5) is 9.03. The van der Waals surface area contributed by atoms with Crippen LogP contribution in [0, 0.1) is 0 Å². The predicted molar refractivity (Wildman–Crippen MR) is 78.2 cm³/mol. The highest BCUT2D eigenvalue weighted by atomic mass is 15.3. The minimum Gasteiger partial charge on any atom is -0.369 e. The van der Waals surface area contributed by atoms with Crippen molar-refractivity contribution in [2.75, 3.05) is 31.1 Å². The number of pyridine rings is 1. The van der Waals surface area contributed by atoms with E-state index in [0.29, 0.717) is 0 Å². The van der Waals surface area contributed by atoms with Crippen LogP contribution >= 0.6 is 0 Å². The van der Waals surface area contributed by atoms with Crippen molar-refractivity contribution in [1.82, 2.24) is 9.88 Å². The topological polar surface area (TPSA) is 19.4 Å². The van der Waals surface area contributed by atoms with Crippen molar-refractivity contribution in [3.05, 3.63) is 60.4 Å². The highest BCUT2D eigenvalue weighted by Gasteiger charge is 2.16. The first kappa shape index (κ1) is 12.2. The smallest absolute Gasteiger partial charge is 0.0367 e. The zero-order chi connectivity index (χ0) is 12.9. The molecule has 3 nitrogen and oxygen atoms in total. The molecule has 2 aromatic rings. The van der Waals surface area contributed by atoms with E-state index in [9.17, 15) is 0 Å². The van der Waals surface area contributed by atoms with Gasteiger partial charge in [-0.25, -0.2) is 0 Å². The summed E-state index contributed by atoms with van der Waals surface area (Å²) in [6.07, 6.45) is 3.74. The van der Waals surface area contributed by atoms with Gasteiger partial charge in [0, 0.05) is 50.8 Å². The van der Waals surface area contributed by atoms with E-state index in [-0.39, 0.29) is 0 Å². The molecule has 0 unspecified atom stereocenters. The van der Waals surface area contributed by atoms with Crippen LogP contribution in [-0.4, -0.2) is 36.1 Å². The molecule has 0 N–H and O–H groups in total. The lowest BCUT2D eigenvalue weighted by molar-refractivity contribution is 0.250. The zero-order valence-corrected chi connectivity index (χ0v) is 11.1. The van der Waals surface area contributed by atoms with E-state index in [2.05, 4.69) is 57.2 Å². The van der Waals surface area contributed by atoms with Gasteiger partial charge in [-0.3, -0.25) is 9.88 Å². The average Bonchev–Trinajstić information content (AvgIpc) is 2.50. The fourth-order valence-electron chi connectivity index (χ4n) is 2.55. The Hall–Kier alpha value is -1.87. The Bertz CT molecular complexity index is 490. The van der Waals surface area contributed by atoms with Crippen LogP contribution in [0.1, 0.15) is 5.56 Å². The molecule has 0 radical (unpaired) electrons. The van der Waals surface area contributed by atoms with Crippen LogP contribution in [0.4, 0.5) is 5.69 Å². The second-order valence-corrected chi connectivity index (χ2v) is 4.95. The second-order valence-electron chi connectivity index (χ2n) is 4.95. The van der Waals surface area contributed by atoms with Crippen LogP contribution < -0.4 is 4.90 Å². The summed E-state index contributed by atoms with van der Waals surface area (Å²) in [5, 5.41) is 0. The number of aromatic nitrogens is 1. The van der Waals surface area contributed by atoms with Gasteiger partial charge in [0.15, 0.2) is 0 Å². The SMILES string of the molecule is c1ccc(N2CCN(Cc3ccncc3)CC2)cc1. The minimum atomic E-state index is 1.03. The summed E-state index contributed by atoms with van der Waals surface area (Å²) in [5.74, 6) is 0. The number of para-hydroxylation sites is 1. The average molecular weight is 253 g/mol. The lowest BCUT2D eigenvalue weighted by Crippen LogP contribution is -2.45. The summed E-state index contributed by atoms with van der Waals surface area (Å²) >= 11 is 0. The van der Waals surface area contributed by atoms with Gasteiger partial charge in [0.05, 0.1) is 0 Å². The number of benzene rings is 1. The van der Waals surface area contributed by atoms with E-state index in [1.54, 1.807) is 0 Å². The second kappa shape index (κ2) is 5.85. The van der Waals surface area contributed by atoms with E-state index < -0.39 is 0 Å². The van der Waals surface area contributed by atoms with Crippen molar-refractivity contribution in [2.45, 2.75) is 6.54 Å². The van der Waals surface area contributed by atoms with Gasteiger partial charge in [0.2, 0.25) is 0 Å². The van der Waals surface area contributed by atoms with Crippen molar-refractivity contribution in [3.8, 4) is 0 Å². The highest BCUT2D eigenvalue weighted by Crippen LogP contribution is 2.16. The molecule has 0 aliphatic carbocycles. The Morgan fingerprint density at radius 2 is 1.53 bits per heavy atom. The molecule has 1 aliphatic rings. The van der Waals surface area contributed by atoms with Crippen molar-refractivity contribution >= 4 is 5.69 Å². The Morgan fingerprint density at radius 3 is 2.21 bits per heavy atom. The van der Waals surface area contributed by atoms with E-state index in [1.807, 2.05) is 12.4 Å². The van der Waals surface area contributed by atoms with Crippen LogP contribution in [0.25, 0.3) is 0 Å². The number of nitrogens with zero attached hydrogens (tertiary/aromatic N) is 3. The van der Waals surface area contributed by atoms with Crippen LogP contribution in [0.2, 0.25) is 0 Å². The third-order valence-corrected chi connectivity index (χ3v) is 3.65. The molecule has 1 aromatic carbocycles. The van der Waals surface area contributed by atoms with E-state index in [4.69, 9.17) is 0 Å². The molecule has 0 amide bonds. The maximum absolute atomic E-state index is 4.06. The quantitative estimate of drug-likeness (QED) is 0.837. The van der Waals surface area contributed by atoms with Gasteiger partial charge < -0.3 is 4.90 Å². The van der Waals surface area contributed by atoms with Gasteiger partial charge in [-0.15, -0.1) is 0 Å². The lowest BCUT2D eigenvalue weighted by atomic mass is 10.2. The van der Waals surface area contributed by atoms with E-state index in [0.717, 1.165) is 32.7 Å². The van der Waals surface area contributed by atoms with Gasteiger partial charge in [-0.05, 0) is 29.8 Å². The largest absolute Gasteiger partial charge is 0.369 e. The molecular weight excluding hydrogens is 234 g/mol. The third-order valence-electron chi connectivity index (χ3n) is 3.65. The van der Waals surface area contributed by atoms with Gasteiger partial charge in [0.1, 0.15) is 0 Å². The van der Waals surface area contributed by atoms with E-state index >= 15 is 0 Å². The fourth-order valence-corrected chi connectivity index (χ4v) is 2.55. The molecular formula is C16H19N3. The monoisotopic (exact) mass is 253 g/mol. The number of piperazine rings is 1. The van der Waals surface area contributed by atoms with Crippen molar-refractivity contribution in [3.63, 3.8) is 0 Å². The number of rotatable bonds is 3. The molecule has 1 aliphatic heterocycles. The first-order valence-electron chi connectivity index (χ1n) is 6.83. The number of hydrogen-bond acceptors (Lipinski definition) is 3. The molecule has 98 valence electrons. The summed E-state index contributed by atoms with van der Waals surface area (Å²) in [5.41, 5.74) is 2.69. The maximum atomic E-state index is 4.06. The third kappa shape index (κ3) is 3.12.